The van der Waals surface area contributed by atoms with Crippen LogP contribution in [0.4, 0.5) is 4.39 Å². The summed E-state index contributed by atoms with van der Waals surface area (Å²) < 4.78 is 24.1. The third kappa shape index (κ3) is 4.00. The summed E-state index contributed by atoms with van der Waals surface area (Å²) in [5, 5.41) is 2.69. The van der Waals surface area contributed by atoms with Crippen LogP contribution in [0.25, 0.3) is 0 Å². The number of ether oxygens (including phenoxy) is 2. The zero-order valence-corrected chi connectivity index (χ0v) is 13.6. The minimum Gasteiger partial charge on any atom is -0.478 e. The summed E-state index contributed by atoms with van der Waals surface area (Å²) in [4.78, 5) is 24.4. The topological polar surface area (TPSA) is 64.6 Å². The number of carbonyl (C=O) groups is 2. The molecule has 0 aromatic heterocycles. The van der Waals surface area contributed by atoms with Gasteiger partial charge in [-0.3, -0.25) is 4.79 Å². The maximum Gasteiger partial charge on any atom is 0.329 e. The van der Waals surface area contributed by atoms with E-state index in [9.17, 15) is 14.0 Å². The van der Waals surface area contributed by atoms with Crippen LogP contribution in [0.3, 0.4) is 0 Å². The first-order valence-corrected chi connectivity index (χ1v) is 7.73. The van der Waals surface area contributed by atoms with Gasteiger partial charge >= 0.3 is 5.97 Å². The Hall–Kier alpha value is -2.11. The molecule has 1 aliphatic heterocycles. The number of cyclic esters (lactones) is 1. The molecule has 126 valence electrons. The highest BCUT2D eigenvalue weighted by atomic mass is 19.1. The van der Waals surface area contributed by atoms with Gasteiger partial charge in [0.25, 0.3) is 5.91 Å². The molecule has 2 rings (SSSR count). The number of amides is 1. The van der Waals surface area contributed by atoms with Gasteiger partial charge in [0.15, 0.2) is 17.7 Å². The predicted octanol–water partition coefficient (Wildman–Crippen LogP) is 2.44. The molecular weight excluding hydrogens is 301 g/mol. The molecule has 5 nitrogen and oxygen atoms in total. The number of hydrogen-bond acceptors (Lipinski definition) is 4. The fraction of sp³-hybridized carbons (Fsp3) is 0.529. The molecule has 1 fully saturated rings. The highest BCUT2D eigenvalue weighted by Crippen LogP contribution is 2.30. The molecule has 6 heteroatoms. The van der Waals surface area contributed by atoms with E-state index in [1.54, 1.807) is 19.1 Å². The summed E-state index contributed by atoms with van der Waals surface area (Å²) in [6, 6.07) is 5.17. The molecule has 1 heterocycles. The Morgan fingerprint density at radius 1 is 1.48 bits per heavy atom. The average molecular weight is 323 g/mol. The summed E-state index contributed by atoms with van der Waals surface area (Å²) in [5.41, 5.74) is -0.402. The Balaban J connectivity index is 2.08. The summed E-state index contributed by atoms with van der Waals surface area (Å²) in [7, 11) is 0. The van der Waals surface area contributed by atoms with E-state index in [4.69, 9.17) is 9.47 Å². The molecule has 1 aliphatic rings. The largest absolute Gasteiger partial charge is 0.478 e. The second-order valence-electron chi connectivity index (χ2n) is 6.29. The van der Waals surface area contributed by atoms with E-state index in [-0.39, 0.29) is 5.75 Å². The Morgan fingerprint density at radius 2 is 2.17 bits per heavy atom. The van der Waals surface area contributed by atoms with Gasteiger partial charge < -0.3 is 14.8 Å². The maximum atomic E-state index is 13.7. The van der Waals surface area contributed by atoms with E-state index in [1.165, 1.54) is 12.1 Å². The number of rotatable bonds is 5. The van der Waals surface area contributed by atoms with Crippen molar-refractivity contribution in [2.45, 2.75) is 45.8 Å². The van der Waals surface area contributed by atoms with Gasteiger partial charge in [-0.1, -0.05) is 32.9 Å². The van der Waals surface area contributed by atoms with Crippen molar-refractivity contribution in [3.05, 3.63) is 30.1 Å². The van der Waals surface area contributed by atoms with Gasteiger partial charge in [0.2, 0.25) is 0 Å². The fourth-order valence-corrected chi connectivity index (χ4v) is 2.47. The smallest absolute Gasteiger partial charge is 0.329 e. The van der Waals surface area contributed by atoms with E-state index >= 15 is 0 Å². The lowest BCUT2D eigenvalue weighted by Crippen LogP contribution is -2.56. The van der Waals surface area contributed by atoms with Crippen molar-refractivity contribution in [2.75, 3.05) is 6.61 Å². The summed E-state index contributed by atoms with van der Waals surface area (Å²) in [6.07, 6.45) is 0.134. The van der Waals surface area contributed by atoms with Crippen molar-refractivity contribution in [1.29, 1.82) is 0 Å². The number of esters is 1. The molecule has 1 aromatic carbocycles. The monoisotopic (exact) mass is 323 g/mol. The lowest BCUT2D eigenvalue weighted by Gasteiger charge is -2.37. The van der Waals surface area contributed by atoms with Crippen molar-refractivity contribution in [3.8, 4) is 5.75 Å². The number of benzene rings is 1. The van der Waals surface area contributed by atoms with Crippen LogP contribution in [0.2, 0.25) is 0 Å². The van der Waals surface area contributed by atoms with Gasteiger partial charge in [-0.25, -0.2) is 9.18 Å². The first-order chi connectivity index (χ1) is 10.8. The average Bonchev–Trinajstić information content (AvgIpc) is 2.50. The van der Waals surface area contributed by atoms with Crippen LogP contribution in [-0.2, 0) is 14.3 Å². The van der Waals surface area contributed by atoms with Crippen molar-refractivity contribution in [1.82, 2.24) is 5.32 Å². The molecule has 1 aromatic rings. The molecule has 0 spiro atoms. The molecule has 2 unspecified atom stereocenters. The van der Waals surface area contributed by atoms with Gasteiger partial charge in [0.05, 0.1) is 6.61 Å². The Morgan fingerprint density at radius 3 is 2.78 bits per heavy atom. The quantitative estimate of drug-likeness (QED) is 0.845. The van der Waals surface area contributed by atoms with Gasteiger partial charge in [-0.05, 0) is 30.4 Å². The molecule has 1 amide bonds. The number of carbonyl (C=O) groups excluding carboxylic acids is 2. The molecule has 1 saturated heterocycles. The summed E-state index contributed by atoms with van der Waals surface area (Å²) >= 11 is 0. The number of para-hydroxylation sites is 1. The minimum absolute atomic E-state index is 0.0139. The van der Waals surface area contributed by atoms with E-state index in [1.807, 2.05) is 13.8 Å². The van der Waals surface area contributed by atoms with Gasteiger partial charge in [-0.15, -0.1) is 0 Å². The van der Waals surface area contributed by atoms with Crippen molar-refractivity contribution < 1.29 is 23.5 Å². The highest BCUT2D eigenvalue weighted by Gasteiger charge is 2.42. The number of halogens is 1. The zero-order chi connectivity index (χ0) is 17.0. The second kappa shape index (κ2) is 6.98. The van der Waals surface area contributed by atoms with Gasteiger partial charge in [0.1, 0.15) is 6.04 Å². The van der Waals surface area contributed by atoms with Crippen molar-refractivity contribution in [3.63, 3.8) is 0 Å². The van der Waals surface area contributed by atoms with E-state index in [2.05, 4.69) is 5.32 Å². The van der Waals surface area contributed by atoms with Crippen LogP contribution >= 0.6 is 0 Å². The summed E-state index contributed by atoms with van der Waals surface area (Å²) in [6.45, 7) is 5.91. The van der Waals surface area contributed by atoms with E-state index in [0.717, 1.165) is 0 Å². The normalized spacial score (nSPS) is 21.2. The summed E-state index contributed by atoms with van der Waals surface area (Å²) in [5.74, 6) is -1.42. The van der Waals surface area contributed by atoms with Crippen LogP contribution in [0.5, 0.6) is 5.75 Å². The van der Waals surface area contributed by atoms with Crippen LogP contribution in [0, 0.1) is 11.2 Å². The molecule has 0 bridgehead atoms. The zero-order valence-electron chi connectivity index (χ0n) is 13.6. The molecule has 1 N–H and O–H groups in total. The molecule has 0 radical (unpaired) electrons. The van der Waals surface area contributed by atoms with Crippen LogP contribution in [-0.4, -0.2) is 30.6 Å². The number of hydrogen-bond donors (Lipinski definition) is 1. The van der Waals surface area contributed by atoms with Crippen LogP contribution < -0.4 is 10.1 Å². The first kappa shape index (κ1) is 17.2. The number of nitrogens with one attached hydrogen (secondary N) is 1. The van der Waals surface area contributed by atoms with Crippen LogP contribution in [0.15, 0.2) is 24.3 Å². The van der Waals surface area contributed by atoms with E-state index in [0.29, 0.717) is 19.4 Å². The molecular formula is C17H22FNO4. The third-order valence-corrected chi connectivity index (χ3v) is 4.06. The minimum atomic E-state index is -0.877. The van der Waals surface area contributed by atoms with E-state index < -0.39 is 35.3 Å². The SMILES string of the molecule is CCC(Oc1ccccc1F)C(=O)NC1C(=O)OCCC1(C)C. The Labute approximate surface area is 135 Å². The second-order valence-corrected chi connectivity index (χ2v) is 6.29. The van der Waals surface area contributed by atoms with Gasteiger partial charge in [-0.2, -0.15) is 0 Å². The molecule has 2 atom stereocenters. The Kier molecular flexibility index (Phi) is 5.23. The van der Waals surface area contributed by atoms with Crippen molar-refractivity contribution in [2.24, 2.45) is 5.41 Å². The van der Waals surface area contributed by atoms with Gasteiger partial charge in [0, 0.05) is 0 Å². The lowest BCUT2D eigenvalue weighted by molar-refractivity contribution is -0.159. The third-order valence-electron chi connectivity index (χ3n) is 4.06. The fourth-order valence-electron chi connectivity index (χ4n) is 2.47. The first-order valence-electron chi connectivity index (χ1n) is 7.73. The molecule has 23 heavy (non-hydrogen) atoms. The standard InChI is InChI=1S/C17H22FNO4/c1-4-12(23-13-8-6-5-7-11(13)18)15(20)19-14-16(21)22-10-9-17(14,2)3/h5-8,12,14H,4,9-10H2,1-3H3,(H,19,20). The predicted molar refractivity (Wildman–Crippen MR) is 82.4 cm³/mol. The maximum absolute atomic E-state index is 13.7. The lowest BCUT2D eigenvalue weighted by atomic mass is 9.80. The highest BCUT2D eigenvalue weighted by molar-refractivity contribution is 5.88. The molecule has 0 saturated carbocycles. The van der Waals surface area contributed by atoms with Crippen LogP contribution in [0.1, 0.15) is 33.6 Å². The van der Waals surface area contributed by atoms with Crippen molar-refractivity contribution >= 4 is 11.9 Å². The Bertz CT molecular complexity index is 588. The molecule has 0 aliphatic carbocycles.